The van der Waals surface area contributed by atoms with Crippen molar-refractivity contribution in [2.75, 3.05) is 10.7 Å². The Labute approximate surface area is 147 Å². The molecule has 2 aromatic carbocycles. The minimum Gasteiger partial charge on any atom is -0.399 e. The van der Waals surface area contributed by atoms with Crippen molar-refractivity contribution in [1.82, 2.24) is 0 Å². The second kappa shape index (κ2) is 7.93. The van der Waals surface area contributed by atoms with Gasteiger partial charge in [0.25, 0.3) is 5.91 Å². The van der Waals surface area contributed by atoms with Gasteiger partial charge in [-0.15, -0.1) is 0 Å². The molecule has 1 aliphatic rings. The van der Waals surface area contributed by atoms with E-state index in [1.165, 1.54) is 10.6 Å². The summed E-state index contributed by atoms with van der Waals surface area (Å²) in [6.07, 6.45) is 1.02. The predicted molar refractivity (Wildman–Crippen MR) is 101 cm³/mol. The van der Waals surface area contributed by atoms with Crippen LogP contribution in [0, 0.1) is 11.3 Å². The van der Waals surface area contributed by atoms with Crippen molar-refractivity contribution < 1.29 is 4.79 Å². The van der Waals surface area contributed by atoms with Crippen LogP contribution in [-0.2, 0) is 11.2 Å². The molecule has 0 saturated heterocycles. The molecule has 1 aliphatic heterocycles. The fourth-order valence-corrected chi connectivity index (χ4v) is 2.28. The van der Waals surface area contributed by atoms with Crippen molar-refractivity contribution >= 4 is 23.0 Å². The molecule has 0 atom stereocenters. The van der Waals surface area contributed by atoms with Crippen LogP contribution in [0.2, 0.25) is 0 Å². The Kier molecular flexibility index (Phi) is 5.70. The molecule has 2 aromatic rings. The molecule has 0 aliphatic carbocycles. The summed E-state index contributed by atoms with van der Waals surface area (Å²) < 4.78 is 0. The van der Waals surface area contributed by atoms with Crippen molar-refractivity contribution in [2.24, 2.45) is 5.10 Å². The summed E-state index contributed by atoms with van der Waals surface area (Å²) in [6, 6.07) is 16.7. The number of hydrogen-bond acceptors (Lipinski definition) is 4. The average molecular weight is 332 g/mol. The largest absolute Gasteiger partial charge is 0.399 e. The van der Waals surface area contributed by atoms with E-state index in [9.17, 15) is 4.79 Å². The maximum atomic E-state index is 11.7. The van der Waals surface area contributed by atoms with Crippen molar-refractivity contribution in [3.05, 3.63) is 71.8 Å². The van der Waals surface area contributed by atoms with Crippen LogP contribution in [-0.4, -0.2) is 11.6 Å². The van der Waals surface area contributed by atoms with E-state index in [0.717, 1.165) is 12.1 Å². The zero-order chi connectivity index (χ0) is 18.4. The van der Waals surface area contributed by atoms with Crippen LogP contribution in [0.3, 0.4) is 0 Å². The summed E-state index contributed by atoms with van der Waals surface area (Å²) in [4.78, 5) is 11.7. The van der Waals surface area contributed by atoms with E-state index >= 15 is 0 Å². The standard InChI is InChI=1S/C12H9N3O.C8H11N/c1-8-9(2)14-15(12(8)16)11-5-3-4-10(6-11)7-13;1-2-7-5-3-4-6-8(7)9/h3-6H,1H2,2H3;3-6H,2,9H2,1H3. The maximum absolute atomic E-state index is 11.7. The first kappa shape index (κ1) is 18.0. The van der Waals surface area contributed by atoms with E-state index in [-0.39, 0.29) is 5.91 Å². The van der Waals surface area contributed by atoms with Gasteiger partial charge in [-0.2, -0.15) is 15.4 Å². The molecule has 25 heavy (non-hydrogen) atoms. The number of anilines is 2. The number of nitriles is 1. The van der Waals surface area contributed by atoms with E-state index in [1.807, 2.05) is 24.3 Å². The van der Waals surface area contributed by atoms with Gasteiger partial charge >= 0.3 is 0 Å². The third-order valence-electron chi connectivity index (χ3n) is 3.79. The number of nitrogens with zero attached hydrogens (tertiary/aromatic N) is 3. The lowest BCUT2D eigenvalue weighted by atomic mass is 10.1. The number of carbonyl (C=O) groups is 1. The summed E-state index contributed by atoms with van der Waals surface area (Å²) in [5.74, 6) is -0.243. The molecule has 0 spiro atoms. The molecule has 0 fully saturated rings. The first-order valence-electron chi connectivity index (χ1n) is 7.90. The highest BCUT2D eigenvalue weighted by atomic mass is 16.2. The van der Waals surface area contributed by atoms with E-state index in [0.29, 0.717) is 22.5 Å². The molecule has 2 N–H and O–H groups in total. The average Bonchev–Trinajstić information content (AvgIpc) is 2.90. The van der Waals surface area contributed by atoms with Gasteiger partial charge in [-0.1, -0.05) is 37.8 Å². The quantitative estimate of drug-likeness (QED) is 0.673. The normalized spacial score (nSPS) is 13.0. The summed E-state index contributed by atoms with van der Waals surface area (Å²) >= 11 is 0. The Bertz CT molecular complexity index is 877. The van der Waals surface area contributed by atoms with Crippen LogP contribution in [0.5, 0.6) is 0 Å². The third-order valence-corrected chi connectivity index (χ3v) is 3.79. The Morgan fingerprint density at radius 2 is 1.96 bits per heavy atom. The fourth-order valence-electron chi connectivity index (χ4n) is 2.28. The molecule has 5 nitrogen and oxygen atoms in total. The highest BCUT2D eigenvalue weighted by molar-refractivity contribution is 6.29. The topological polar surface area (TPSA) is 82.5 Å². The van der Waals surface area contributed by atoms with Gasteiger partial charge in [0.1, 0.15) is 0 Å². The molecule has 0 radical (unpaired) electrons. The number of carbonyl (C=O) groups excluding carboxylic acids is 1. The number of hydrazone groups is 1. The Morgan fingerprint density at radius 3 is 2.48 bits per heavy atom. The van der Waals surface area contributed by atoms with Gasteiger partial charge in [0.2, 0.25) is 0 Å². The number of nitrogens with two attached hydrogens (primary N) is 1. The molecule has 5 heteroatoms. The fraction of sp³-hybridized carbons (Fsp3) is 0.150. The number of para-hydroxylation sites is 1. The van der Waals surface area contributed by atoms with Gasteiger partial charge in [-0.25, -0.2) is 0 Å². The summed E-state index contributed by atoms with van der Waals surface area (Å²) in [7, 11) is 0. The van der Waals surface area contributed by atoms with Gasteiger partial charge in [0, 0.05) is 5.69 Å². The van der Waals surface area contributed by atoms with Gasteiger partial charge in [-0.05, 0) is 43.2 Å². The zero-order valence-electron chi connectivity index (χ0n) is 14.4. The molecule has 1 amide bonds. The molecular weight excluding hydrogens is 312 g/mol. The number of rotatable bonds is 2. The third kappa shape index (κ3) is 4.12. The molecule has 1 heterocycles. The zero-order valence-corrected chi connectivity index (χ0v) is 14.4. The Hall–Kier alpha value is -3.39. The van der Waals surface area contributed by atoms with E-state index in [4.69, 9.17) is 11.0 Å². The van der Waals surface area contributed by atoms with Crippen molar-refractivity contribution in [3.63, 3.8) is 0 Å². The minimum absolute atomic E-state index is 0.243. The first-order valence-corrected chi connectivity index (χ1v) is 7.90. The second-order valence-corrected chi connectivity index (χ2v) is 5.50. The summed E-state index contributed by atoms with van der Waals surface area (Å²) in [5.41, 5.74) is 9.84. The van der Waals surface area contributed by atoms with Gasteiger partial charge in [0.05, 0.1) is 28.6 Å². The van der Waals surface area contributed by atoms with Crippen molar-refractivity contribution in [1.29, 1.82) is 5.26 Å². The number of aryl methyl sites for hydroxylation is 1. The second-order valence-electron chi connectivity index (χ2n) is 5.50. The van der Waals surface area contributed by atoms with Gasteiger partial charge in [0.15, 0.2) is 0 Å². The van der Waals surface area contributed by atoms with Gasteiger partial charge in [-0.3, -0.25) is 4.79 Å². The Balaban J connectivity index is 0.000000212. The molecule has 0 saturated carbocycles. The molecule has 126 valence electrons. The predicted octanol–water partition coefficient (Wildman–Crippen LogP) is 3.67. The molecule has 0 bridgehead atoms. The van der Waals surface area contributed by atoms with Crippen LogP contribution in [0.4, 0.5) is 11.4 Å². The number of benzene rings is 2. The van der Waals surface area contributed by atoms with Crippen LogP contribution >= 0.6 is 0 Å². The van der Waals surface area contributed by atoms with Crippen LogP contribution in [0.15, 0.2) is 65.8 Å². The van der Waals surface area contributed by atoms with E-state index < -0.39 is 0 Å². The summed E-state index contributed by atoms with van der Waals surface area (Å²) in [5, 5.41) is 14.1. The van der Waals surface area contributed by atoms with Crippen molar-refractivity contribution in [3.8, 4) is 6.07 Å². The molecular formula is C20H20N4O. The van der Waals surface area contributed by atoms with Crippen LogP contribution < -0.4 is 10.7 Å². The van der Waals surface area contributed by atoms with Crippen LogP contribution in [0.1, 0.15) is 25.0 Å². The van der Waals surface area contributed by atoms with Gasteiger partial charge < -0.3 is 5.73 Å². The van der Waals surface area contributed by atoms with Crippen LogP contribution in [0.25, 0.3) is 0 Å². The highest BCUT2D eigenvalue weighted by Crippen LogP contribution is 2.23. The lowest BCUT2D eigenvalue weighted by Gasteiger charge is -2.11. The molecule has 3 rings (SSSR count). The monoisotopic (exact) mass is 332 g/mol. The SMILES string of the molecule is C=C1C(=O)N(c2cccc(C#N)c2)N=C1C.CCc1ccccc1N. The lowest BCUT2D eigenvalue weighted by molar-refractivity contribution is -0.114. The number of hydrogen-bond donors (Lipinski definition) is 1. The minimum atomic E-state index is -0.243. The van der Waals surface area contributed by atoms with E-state index in [1.54, 1.807) is 31.2 Å². The Morgan fingerprint density at radius 1 is 1.24 bits per heavy atom. The summed E-state index contributed by atoms with van der Waals surface area (Å²) in [6.45, 7) is 7.48. The first-order chi connectivity index (χ1) is 12.0. The van der Waals surface area contributed by atoms with Crippen molar-refractivity contribution in [2.45, 2.75) is 20.3 Å². The molecule has 0 unspecified atom stereocenters. The number of amides is 1. The molecule has 0 aromatic heterocycles. The maximum Gasteiger partial charge on any atom is 0.280 e. The highest BCUT2D eigenvalue weighted by Gasteiger charge is 2.26. The lowest BCUT2D eigenvalue weighted by Crippen LogP contribution is -2.20. The van der Waals surface area contributed by atoms with E-state index in [2.05, 4.69) is 24.7 Å². The number of nitrogen functional groups attached to an aromatic ring is 1. The smallest absolute Gasteiger partial charge is 0.280 e.